The zero-order chi connectivity index (χ0) is 20.0. The Morgan fingerprint density at radius 1 is 1.22 bits per heavy atom. The number of carbonyl (C=O) groups excluding carboxylic acids is 2. The highest BCUT2D eigenvalue weighted by Gasteiger charge is 2.38. The Morgan fingerprint density at radius 2 is 1.89 bits per heavy atom. The number of hydrogen-bond acceptors (Lipinski definition) is 5. The summed E-state index contributed by atoms with van der Waals surface area (Å²) < 4.78 is 10.6. The molecule has 0 bridgehead atoms. The molecule has 1 aromatic carbocycles. The van der Waals surface area contributed by atoms with E-state index in [4.69, 9.17) is 9.47 Å². The molecule has 7 nitrogen and oxygen atoms in total. The molecule has 0 radical (unpaired) electrons. The van der Waals surface area contributed by atoms with E-state index in [0.29, 0.717) is 12.8 Å². The summed E-state index contributed by atoms with van der Waals surface area (Å²) in [7, 11) is 1.61. The lowest BCUT2D eigenvalue weighted by Gasteiger charge is -2.40. The number of nitrogens with one attached hydrogen (secondary N) is 1. The van der Waals surface area contributed by atoms with Gasteiger partial charge in [0.05, 0.1) is 18.2 Å². The molecule has 1 aliphatic carbocycles. The van der Waals surface area contributed by atoms with E-state index < -0.39 is 36.0 Å². The minimum absolute atomic E-state index is 0.163. The van der Waals surface area contributed by atoms with Crippen LogP contribution in [0, 0.1) is 0 Å². The minimum atomic E-state index is -0.888. The fourth-order valence-corrected chi connectivity index (χ4v) is 3.12. The third kappa shape index (κ3) is 6.43. The van der Waals surface area contributed by atoms with E-state index in [1.165, 1.54) is 4.90 Å². The number of benzene rings is 1. The summed E-state index contributed by atoms with van der Waals surface area (Å²) in [6.45, 7) is 5.55. The molecule has 150 valence electrons. The lowest BCUT2D eigenvalue weighted by molar-refractivity contribution is -0.0186. The summed E-state index contributed by atoms with van der Waals surface area (Å²) in [5.41, 5.74) is 0.281. The molecule has 3 atom stereocenters. The molecule has 0 saturated heterocycles. The van der Waals surface area contributed by atoms with Crippen molar-refractivity contribution in [3.8, 4) is 0 Å². The number of likely N-dealkylation sites (N-methyl/N-ethyl adjacent to an activating group) is 1. The van der Waals surface area contributed by atoms with Crippen molar-refractivity contribution in [3.05, 3.63) is 35.9 Å². The van der Waals surface area contributed by atoms with Gasteiger partial charge in [-0.05, 0) is 45.6 Å². The number of alkyl carbamates (subject to hydrolysis) is 1. The predicted octanol–water partition coefficient (Wildman–Crippen LogP) is 3.06. The zero-order valence-electron chi connectivity index (χ0n) is 16.5. The van der Waals surface area contributed by atoms with Crippen LogP contribution in [0.25, 0.3) is 0 Å². The first-order valence-electron chi connectivity index (χ1n) is 9.28. The lowest BCUT2D eigenvalue weighted by Crippen LogP contribution is -2.57. The van der Waals surface area contributed by atoms with Crippen molar-refractivity contribution < 1.29 is 24.2 Å². The van der Waals surface area contributed by atoms with Crippen LogP contribution in [0.3, 0.4) is 0 Å². The minimum Gasteiger partial charge on any atom is -0.445 e. The van der Waals surface area contributed by atoms with Crippen molar-refractivity contribution in [2.45, 2.75) is 70.4 Å². The maximum absolute atomic E-state index is 12.3. The summed E-state index contributed by atoms with van der Waals surface area (Å²) in [6.07, 6.45) is 0.0928. The second-order valence-corrected chi connectivity index (χ2v) is 7.89. The van der Waals surface area contributed by atoms with Gasteiger partial charge in [-0.1, -0.05) is 30.3 Å². The van der Waals surface area contributed by atoms with Crippen LogP contribution < -0.4 is 5.32 Å². The van der Waals surface area contributed by atoms with Gasteiger partial charge in [0.2, 0.25) is 0 Å². The van der Waals surface area contributed by atoms with Gasteiger partial charge in [-0.2, -0.15) is 0 Å². The van der Waals surface area contributed by atoms with Crippen molar-refractivity contribution in [2.24, 2.45) is 0 Å². The van der Waals surface area contributed by atoms with Gasteiger partial charge in [-0.15, -0.1) is 0 Å². The molecule has 27 heavy (non-hydrogen) atoms. The number of aliphatic hydroxyl groups excluding tert-OH is 1. The Labute approximate surface area is 160 Å². The third-order valence-corrected chi connectivity index (χ3v) is 4.52. The fourth-order valence-electron chi connectivity index (χ4n) is 3.12. The summed E-state index contributed by atoms with van der Waals surface area (Å²) in [6, 6.07) is 8.48. The van der Waals surface area contributed by atoms with Crippen molar-refractivity contribution in [1.29, 1.82) is 0 Å². The van der Waals surface area contributed by atoms with Gasteiger partial charge in [-0.3, -0.25) is 0 Å². The second kappa shape index (κ2) is 9.08. The maximum atomic E-state index is 12.3. The first-order valence-corrected chi connectivity index (χ1v) is 9.28. The van der Waals surface area contributed by atoms with Crippen molar-refractivity contribution >= 4 is 12.2 Å². The topological polar surface area (TPSA) is 88.1 Å². The normalized spacial score (nSPS) is 22.6. The van der Waals surface area contributed by atoms with Crippen molar-refractivity contribution in [1.82, 2.24) is 10.2 Å². The lowest BCUT2D eigenvalue weighted by atomic mass is 9.87. The maximum Gasteiger partial charge on any atom is 0.410 e. The standard InChI is InChI=1S/C20H30N2O5/c1-20(2,3)27-19(25)22(4)16-12-8-11-15(17(16)23)21-18(24)26-13-14-9-6-5-7-10-14/h5-7,9-10,15-17,23H,8,11-13H2,1-4H3,(H,21,24)/t15-,16-,17-/m0/s1. The van der Waals surface area contributed by atoms with Crippen LogP contribution in [-0.4, -0.2) is 53.0 Å². The summed E-state index contributed by atoms with van der Waals surface area (Å²) in [4.78, 5) is 25.8. The van der Waals surface area contributed by atoms with E-state index in [1.54, 1.807) is 27.8 Å². The fraction of sp³-hybridized carbons (Fsp3) is 0.600. The quantitative estimate of drug-likeness (QED) is 0.841. The van der Waals surface area contributed by atoms with Gasteiger partial charge >= 0.3 is 12.2 Å². The Hall–Kier alpha value is -2.28. The molecule has 1 aliphatic rings. The van der Waals surface area contributed by atoms with Crippen molar-refractivity contribution in [3.63, 3.8) is 0 Å². The Kier molecular flexibility index (Phi) is 7.07. The molecule has 0 aliphatic heterocycles. The zero-order valence-corrected chi connectivity index (χ0v) is 16.5. The van der Waals surface area contributed by atoms with E-state index in [2.05, 4.69) is 5.32 Å². The van der Waals surface area contributed by atoms with Crippen LogP contribution in [0.2, 0.25) is 0 Å². The Bertz CT molecular complexity index is 629. The molecule has 1 fully saturated rings. The van der Waals surface area contributed by atoms with Gasteiger partial charge in [-0.25, -0.2) is 9.59 Å². The number of carbonyl (C=O) groups is 2. The van der Waals surface area contributed by atoms with Crippen LogP contribution in [0.4, 0.5) is 9.59 Å². The number of nitrogens with zero attached hydrogens (tertiary/aromatic N) is 1. The van der Waals surface area contributed by atoms with Crippen LogP contribution in [0.1, 0.15) is 45.6 Å². The summed E-state index contributed by atoms with van der Waals surface area (Å²) in [5.74, 6) is 0. The van der Waals surface area contributed by atoms with Crippen molar-refractivity contribution in [2.75, 3.05) is 7.05 Å². The van der Waals surface area contributed by atoms with E-state index >= 15 is 0 Å². The predicted molar refractivity (Wildman–Crippen MR) is 101 cm³/mol. The molecule has 7 heteroatoms. The molecule has 1 aromatic rings. The molecule has 2 N–H and O–H groups in total. The van der Waals surface area contributed by atoms with E-state index in [-0.39, 0.29) is 6.61 Å². The smallest absolute Gasteiger partial charge is 0.410 e. The van der Waals surface area contributed by atoms with Crippen LogP contribution in [0.5, 0.6) is 0 Å². The van der Waals surface area contributed by atoms with Gasteiger partial charge in [0.1, 0.15) is 12.2 Å². The molecule has 2 rings (SSSR count). The monoisotopic (exact) mass is 378 g/mol. The molecule has 0 unspecified atom stereocenters. The number of amides is 2. The van der Waals surface area contributed by atoms with Gasteiger partial charge < -0.3 is 24.8 Å². The Morgan fingerprint density at radius 3 is 2.52 bits per heavy atom. The summed E-state index contributed by atoms with van der Waals surface area (Å²) >= 11 is 0. The SMILES string of the molecule is CN(C(=O)OC(C)(C)C)[C@H]1CCC[C@H](NC(=O)OCc2ccccc2)[C@@H]1O. The van der Waals surface area contributed by atoms with E-state index in [1.807, 2.05) is 30.3 Å². The summed E-state index contributed by atoms with van der Waals surface area (Å²) in [5, 5.41) is 13.4. The number of ether oxygens (including phenoxy) is 2. The highest BCUT2D eigenvalue weighted by atomic mass is 16.6. The molecule has 0 spiro atoms. The average molecular weight is 378 g/mol. The van der Waals surface area contributed by atoms with E-state index in [9.17, 15) is 14.7 Å². The number of aliphatic hydroxyl groups is 1. The van der Waals surface area contributed by atoms with Crippen LogP contribution in [0.15, 0.2) is 30.3 Å². The molecular formula is C20H30N2O5. The number of hydrogen-bond donors (Lipinski definition) is 2. The number of rotatable bonds is 4. The largest absolute Gasteiger partial charge is 0.445 e. The van der Waals surface area contributed by atoms with Crippen LogP contribution in [-0.2, 0) is 16.1 Å². The molecule has 1 saturated carbocycles. The second-order valence-electron chi connectivity index (χ2n) is 7.89. The average Bonchev–Trinajstić information content (AvgIpc) is 2.60. The highest BCUT2D eigenvalue weighted by molar-refractivity contribution is 5.69. The van der Waals surface area contributed by atoms with Gasteiger partial charge in [0, 0.05) is 7.05 Å². The van der Waals surface area contributed by atoms with Gasteiger partial charge in [0.15, 0.2) is 0 Å². The van der Waals surface area contributed by atoms with E-state index in [0.717, 1.165) is 12.0 Å². The molecule has 0 aromatic heterocycles. The Balaban J connectivity index is 1.88. The van der Waals surface area contributed by atoms with Gasteiger partial charge in [0.25, 0.3) is 0 Å². The molecular weight excluding hydrogens is 348 g/mol. The first-order chi connectivity index (χ1) is 12.7. The molecule has 0 heterocycles. The molecule has 2 amide bonds. The van der Waals surface area contributed by atoms with Crippen LogP contribution >= 0.6 is 0 Å². The highest BCUT2D eigenvalue weighted by Crippen LogP contribution is 2.24. The third-order valence-electron chi connectivity index (χ3n) is 4.52. The first kappa shape index (κ1) is 21.0.